The molecule has 2 atom stereocenters. The summed E-state index contributed by atoms with van der Waals surface area (Å²) in [6.45, 7) is 4.27. The second-order valence-corrected chi connectivity index (χ2v) is 6.58. The van der Waals surface area contributed by atoms with Crippen LogP contribution < -0.4 is 4.74 Å². The van der Waals surface area contributed by atoms with Crippen LogP contribution in [0.2, 0.25) is 5.02 Å². The highest BCUT2D eigenvalue weighted by Crippen LogP contribution is 2.28. The van der Waals surface area contributed by atoms with E-state index in [1.54, 1.807) is 18.2 Å². The molecule has 1 aromatic carbocycles. The predicted octanol–water partition coefficient (Wildman–Crippen LogP) is 4.27. The lowest BCUT2D eigenvalue weighted by molar-refractivity contribution is -0.139. The minimum absolute atomic E-state index is 0.0477. The minimum Gasteiger partial charge on any atom is -0.483 e. The third-order valence-electron chi connectivity index (χ3n) is 3.73. The first-order chi connectivity index (χ1) is 9.49. The van der Waals surface area contributed by atoms with Gasteiger partial charge in [-0.1, -0.05) is 11.6 Å². The van der Waals surface area contributed by atoms with Crippen LogP contribution in [0.3, 0.4) is 0 Å². The highest BCUT2D eigenvalue weighted by molar-refractivity contribution is 9.10. The maximum Gasteiger partial charge on any atom is 0.260 e. The number of rotatable bonds is 3. The number of piperidine rings is 1. The fraction of sp³-hybridized carbons (Fsp3) is 0.533. The highest BCUT2D eigenvalue weighted by Gasteiger charge is 2.29. The van der Waals surface area contributed by atoms with Crippen LogP contribution in [0, 0.1) is 0 Å². The van der Waals surface area contributed by atoms with E-state index in [2.05, 4.69) is 29.8 Å². The summed E-state index contributed by atoms with van der Waals surface area (Å²) < 4.78 is 6.37. The lowest BCUT2D eigenvalue weighted by Gasteiger charge is -2.39. The topological polar surface area (TPSA) is 29.5 Å². The Morgan fingerprint density at radius 1 is 1.40 bits per heavy atom. The van der Waals surface area contributed by atoms with Crippen molar-refractivity contribution in [1.29, 1.82) is 0 Å². The number of halogens is 2. The van der Waals surface area contributed by atoms with Crippen LogP contribution >= 0.6 is 27.5 Å². The molecule has 1 saturated heterocycles. The summed E-state index contributed by atoms with van der Waals surface area (Å²) in [5.74, 6) is 0.687. The van der Waals surface area contributed by atoms with Crippen molar-refractivity contribution in [3.63, 3.8) is 0 Å². The zero-order chi connectivity index (χ0) is 14.7. The monoisotopic (exact) mass is 359 g/mol. The van der Waals surface area contributed by atoms with Gasteiger partial charge in [0.1, 0.15) is 5.75 Å². The van der Waals surface area contributed by atoms with Crippen LogP contribution in [0.1, 0.15) is 33.1 Å². The first-order valence-electron chi connectivity index (χ1n) is 6.88. The Morgan fingerprint density at radius 2 is 2.05 bits per heavy atom. The maximum absolute atomic E-state index is 12.3. The second kappa shape index (κ2) is 6.81. The predicted molar refractivity (Wildman–Crippen MR) is 84.3 cm³/mol. The van der Waals surface area contributed by atoms with Crippen LogP contribution in [-0.2, 0) is 4.79 Å². The molecule has 0 spiro atoms. The van der Waals surface area contributed by atoms with Crippen molar-refractivity contribution >= 4 is 33.4 Å². The molecule has 0 aromatic heterocycles. The molecule has 0 aliphatic carbocycles. The molecule has 1 amide bonds. The van der Waals surface area contributed by atoms with Crippen LogP contribution in [-0.4, -0.2) is 29.5 Å². The van der Waals surface area contributed by atoms with Gasteiger partial charge in [0, 0.05) is 17.1 Å². The van der Waals surface area contributed by atoms with E-state index in [1.807, 2.05) is 4.90 Å². The Balaban J connectivity index is 1.97. The number of hydrogen-bond acceptors (Lipinski definition) is 2. The van der Waals surface area contributed by atoms with E-state index in [0.717, 1.165) is 17.3 Å². The molecule has 3 nitrogen and oxygen atoms in total. The van der Waals surface area contributed by atoms with Gasteiger partial charge < -0.3 is 9.64 Å². The van der Waals surface area contributed by atoms with Gasteiger partial charge in [-0.15, -0.1) is 0 Å². The molecule has 0 saturated carbocycles. The maximum atomic E-state index is 12.3. The number of nitrogens with zero attached hydrogens (tertiary/aromatic N) is 1. The number of benzene rings is 1. The van der Waals surface area contributed by atoms with Crippen LogP contribution in [0.5, 0.6) is 5.75 Å². The number of carbonyl (C=O) groups excluding carboxylic acids is 1. The summed E-state index contributed by atoms with van der Waals surface area (Å²) in [5.41, 5.74) is 0. The van der Waals surface area contributed by atoms with Gasteiger partial charge in [-0.2, -0.15) is 0 Å². The largest absolute Gasteiger partial charge is 0.483 e. The molecular formula is C15H19BrClNO2. The Bertz CT molecular complexity index is 485. The van der Waals surface area contributed by atoms with Crippen LogP contribution in [0.15, 0.2) is 22.7 Å². The van der Waals surface area contributed by atoms with E-state index >= 15 is 0 Å². The first-order valence-corrected chi connectivity index (χ1v) is 8.05. The molecule has 0 bridgehead atoms. The fourth-order valence-corrected chi connectivity index (χ4v) is 3.52. The van der Waals surface area contributed by atoms with Gasteiger partial charge in [-0.05, 0) is 67.2 Å². The summed E-state index contributed by atoms with van der Waals surface area (Å²) >= 11 is 9.26. The van der Waals surface area contributed by atoms with Crippen molar-refractivity contribution < 1.29 is 9.53 Å². The van der Waals surface area contributed by atoms with Gasteiger partial charge in [-0.3, -0.25) is 4.79 Å². The van der Waals surface area contributed by atoms with Crippen molar-refractivity contribution in [3.8, 4) is 5.75 Å². The van der Waals surface area contributed by atoms with Gasteiger partial charge in [0.2, 0.25) is 0 Å². The Hall–Kier alpha value is -0.740. The standard InChI is InChI=1S/C15H19BrClNO2/c1-10-4-3-5-11(2)18(10)15(19)9-20-14-7-6-12(17)8-13(14)16/h6-8,10-11H,3-5,9H2,1-2H3/t10-,11+. The lowest BCUT2D eigenvalue weighted by atomic mass is 9.97. The van der Waals surface area contributed by atoms with Crippen LogP contribution in [0.4, 0.5) is 0 Å². The molecule has 0 N–H and O–H groups in total. The quantitative estimate of drug-likeness (QED) is 0.805. The van der Waals surface area contributed by atoms with Gasteiger partial charge in [0.15, 0.2) is 6.61 Å². The summed E-state index contributed by atoms with van der Waals surface area (Å²) in [7, 11) is 0. The number of carbonyl (C=O) groups is 1. The molecule has 2 rings (SSSR count). The van der Waals surface area contributed by atoms with Gasteiger partial charge in [0.05, 0.1) is 4.47 Å². The number of amides is 1. The normalized spacial score (nSPS) is 22.7. The van der Waals surface area contributed by atoms with Crippen LogP contribution in [0.25, 0.3) is 0 Å². The molecule has 5 heteroatoms. The third kappa shape index (κ3) is 3.67. The second-order valence-electron chi connectivity index (χ2n) is 5.29. The molecule has 0 radical (unpaired) electrons. The summed E-state index contributed by atoms with van der Waals surface area (Å²) in [6.07, 6.45) is 3.33. The number of likely N-dealkylation sites (tertiary alicyclic amines) is 1. The minimum atomic E-state index is 0.0477. The first kappa shape index (κ1) is 15.6. The summed E-state index contributed by atoms with van der Waals surface area (Å²) in [5, 5.41) is 0.633. The SMILES string of the molecule is C[C@@H]1CCC[C@H](C)N1C(=O)COc1ccc(Cl)cc1Br. The zero-order valence-electron chi connectivity index (χ0n) is 11.7. The summed E-state index contributed by atoms with van der Waals surface area (Å²) in [6, 6.07) is 5.86. The number of ether oxygens (including phenoxy) is 1. The van der Waals surface area contributed by atoms with Crippen molar-refractivity contribution in [2.45, 2.75) is 45.2 Å². The van der Waals surface area contributed by atoms with Gasteiger partial charge >= 0.3 is 0 Å². The lowest BCUT2D eigenvalue weighted by Crippen LogP contribution is -2.49. The highest BCUT2D eigenvalue weighted by atomic mass is 79.9. The van der Waals surface area contributed by atoms with E-state index < -0.39 is 0 Å². The molecule has 0 unspecified atom stereocenters. The van der Waals surface area contributed by atoms with Crippen molar-refractivity contribution in [1.82, 2.24) is 4.90 Å². The molecule has 1 aliphatic rings. The van der Waals surface area contributed by atoms with Crippen molar-refractivity contribution in [3.05, 3.63) is 27.7 Å². The van der Waals surface area contributed by atoms with E-state index in [-0.39, 0.29) is 12.5 Å². The van der Waals surface area contributed by atoms with E-state index in [4.69, 9.17) is 16.3 Å². The zero-order valence-corrected chi connectivity index (χ0v) is 14.1. The van der Waals surface area contributed by atoms with E-state index in [9.17, 15) is 4.79 Å². The Labute approximate surface area is 133 Å². The number of hydrogen-bond donors (Lipinski definition) is 0. The molecular weight excluding hydrogens is 342 g/mol. The van der Waals surface area contributed by atoms with E-state index in [1.165, 1.54) is 6.42 Å². The third-order valence-corrected chi connectivity index (χ3v) is 4.58. The molecule has 1 heterocycles. The van der Waals surface area contributed by atoms with Crippen molar-refractivity contribution in [2.75, 3.05) is 6.61 Å². The molecule has 1 aliphatic heterocycles. The molecule has 20 heavy (non-hydrogen) atoms. The molecule has 1 aromatic rings. The van der Waals surface area contributed by atoms with Crippen molar-refractivity contribution in [2.24, 2.45) is 0 Å². The Kier molecular flexibility index (Phi) is 5.33. The average molecular weight is 361 g/mol. The smallest absolute Gasteiger partial charge is 0.260 e. The molecule has 110 valence electrons. The van der Waals surface area contributed by atoms with Gasteiger partial charge in [0.25, 0.3) is 5.91 Å². The molecule has 1 fully saturated rings. The van der Waals surface area contributed by atoms with Gasteiger partial charge in [-0.25, -0.2) is 0 Å². The average Bonchev–Trinajstić information content (AvgIpc) is 2.37. The van der Waals surface area contributed by atoms with E-state index in [0.29, 0.717) is 22.9 Å². The Morgan fingerprint density at radius 3 is 2.65 bits per heavy atom. The fourth-order valence-electron chi connectivity index (χ4n) is 2.72. The summed E-state index contributed by atoms with van der Waals surface area (Å²) in [4.78, 5) is 14.3.